The lowest BCUT2D eigenvalue weighted by molar-refractivity contribution is 0.446. The van der Waals surface area contributed by atoms with Gasteiger partial charge in [0, 0.05) is 13.2 Å². The smallest absolute Gasteiger partial charge is 0.0947 e. The van der Waals surface area contributed by atoms with E-state index in [2.05, 4.69) is 40.8 Å². The SMILES string of the molecule is CNC(CC1Cc2ccccc21)c1cn(C)cn1. The van der Waals surface area contributed by atoms with E-state index in [-0.39, 0.29) is 0 Å². The van der Waals surface area contributed by atoms with E-state index in [1.165, 1.54) is 17.5 Å². The average Bonchev–Trinajstić information content (AvgIpc) is 2.77. The Morgan fingerprint density at radius 2 is 2.28 bits per heavy atom. The van der Waals surface area contributed by atoms with Gasteiger partial charge in [0.2, 0.25) is 0 Å². The number of aryl methyl sites for hydroxylation is 1. The van der Waals surface area contributed by atoms with Gasteiger partial charge in [-0.2, -0.15) is 0 Å². The number of benzene rings is 1. The minimum absolute atomic E-state index is 0.351. The maximum atomic E-state index is 4.45. The summed E-state index contributed by atoms with van der Waals surface area (Å²) in [6.45, 7) is 0. The largest absolute Gasteiger partial charge is 0.340 e. The molecule has 1 N–H and O–H groups in total. The third kappa shape index (κ3) is 1.95. The quantitative estimate of drug-likeness (QED) is 0.891. The molecule has 2 unspecified atom stereocenters. The number of fused-ring (bicyclic) bond motifs is 1. The normalized spacial score (nSPS) is 19.1. The summed E-state index contributed by atoms with van der Waals surface area (Å²) in [4.78, 5) is 4.45. The second-order valence-corrected chi connectivity index (χ2v) is 5.14. The van der Waals surface area contributed by atoms with Crippen LogP contribution < -0.4 is 5.32 Å². The maximum absolute atomic E-state index is 4.45. The maximum Gasteiger partial charge on any atom is 0.0947 e. The summed E-state index contributed by atoms with van der Waals surface area (Å²) in [6, 6.07) is 9.11. The van der Waals surface area contributed by atoms with Crippen LogP contribution in [0.1, 0.15) is 35.2 Å². The molecule has 3 nitrogen and oxygen atoms in total. The Hall–Kier alpha value is -1.61. The van der Waals surface area contributed by atoms with E-state index in [4.69, 9.17) is 0 Å². The van der Waals surface area contributed by atoms with Gasteiger partial charge in [0.25, 0.3) is 0 Å². The van der Waals surface area contributed by atoms with E-state index < -0.39 is 0 Å². The van der Waals surface area contributed by atoms with Gasteiger partial charge < -0.3 is 9.88 Å². The summed E-state index contributed by atoms with van der Waals surface area (Å²) in [5.41, 5.74) is 4.18. The molecule has 0 radical (unpaired) electrons. The molecule has 0 aliphatic heterocycles. The van der Waals surface area contributed by atoms with E-state index in [0.29, 0.717) is 12.0 Å². The average molecular weight is 241 g/mol. The number of nitrogens with zero attached hydrogens (tertiary/aromatic N) is 2. The van der Waals surface area contributed by atoms with Crippen LogP contribution in [0.2, 0.25) is 0 Å². The van der Waals surface area contributed by atoms with Crippen molar-refractivity contribution in [3.8, 4) is 0 Å². The van der Waals surface area contributed by atoms with Crippen molar-refractivity contribution >= 4 is 0 Å². The van der Waals surface area contributed by atoms with Crippen LogP contribution in [0.4, 0.5) is 0 Å². The molecule has 0 amide bonds. The molecule has 3 heteroatoms. The number of aromatic nitrogens is 2. The first-order chi connectivity index (χ1) is 8.78. The van der Waals surface area contributed by atoms with E-state index >= 15 is 0 Å². The summed E-state index contributed by atoms with van der Waals surface area (Å²) < 4.78 is 2.01. The summed E-state index contributed by atoms with van der Waals surface area (Å²) in [6.07, 6.45) is 6.31. The van der Waals surface area contributed by atoms with Gasteiger partial charge in [0.05, 0.1) is 18.1 Å². The first-order valence-corrected chi connectivity index (χ1v) is 6.51. The zero-order chi connectivity index (χ0) is 12.5. The lowest BCUT2D eigenvalue weighted by Crippen LogP contribution is -2.25. The number of hydrogen-bond acceptors (Lipinski definition) is 2. The standard InChI is InChI=1S/C15H19N3/c1-16-14(15-9-18(2)10-17-15)8-12-7-11-5-3-4-6-13(11)12/h3-6,9-10,12,14,16H,7-8H2,1-2H3. The zero-order valence-corrected chi connectivity index (χ0v) is 10.9. The zero-order valence-electron chi connectivity index (χ0n) is 10.9. The van der Waals surface area contributed by atoms with Gasteiger partial charge in [0.15, 0.2) is 0 Å². The van der Waals surface area contributed by atoms with Gasteiger partial charge in [-0.1, -0.05) is 24.3 Å². The van der Waals surface area contributed by atoms with Crippen LogP contribution in [0, 0.1) is 0 Å². The van der Waals surface area contributed by atoms with Crippen molar-refractivity contribution in [2.75, 3.05) is 7.05 Å². The predicted octanol–water partition coefficient (Wildman–Crippen LogP) is 2.41. The molecule has 1 aliphatic carbocycles. The molecule has 0 saturated heterocycles. The van der Waals surface area contributed by atoms with Crippen molar-refractivity contribution in [1.82, 2.24) is 14.9 Å². The summed E-state index contributed by atoms with van der Waals surface area (Å²) in [5.74, 6) is 0.681. The van der Waals surface area contributed by atoms with Gasteiger partial charge in [-0.25, -0.2) is 4.98 Å². The van der Waals surface area contributed by atoms with Crippen molar-refractivity contribution in [2.24, 2.45) is 7.05 Å². The van der Waals surface area contributed by atoms with Crippen LogP contribution in [-0.2, 0) is 13.5 Å². The first kappa shape index (κ1) is 11.5. The van der Waals surface area contributed by atoms with Crippen LogP contribution >= 0.6 is 0 Å². The van der Waals surface area contributed by atoms with E-state index in [1.807, 2.05) is 25.0 Å². The molecule has 94 valence electrons. The Labute approximate surface area is 108 Å². The first-order valence-electron chi connectivity index (χ1n) is 6.51. The van der Waals surface area contributed by atoms with Crippen LogP contribution in [0.25, 0.3) is 0 Å². The molecule has 0 fully saturated rings. The van der Waals surface area contributed by atoms with Crippen LogP contribution in [0.15, 0.2) is 36.8 Å². The van der Waals surface area contributed by atoms with Crippen molar-refractivity contribution in [3.05, 3.63) is 53.6 Å². The molecule has 2 aromatic rings. The molecule has 1 aliphatic rings. The Morgan fingerprint density at radius 3 is 2.94 bits per heavy atom. The Morgan fingerprint density at radius 1 is 1.44 bits per heavy atom. The van der Waals surface area contributed by atoms with Crippen molar-refractivity contribution in [1.29, 1.82) is 0 Å². The molecule has 1 aromatic heterocycles. The topological polar surface area (TPSA) is 29.9 Å². The highest BCUT2D eigenvalue weighted by Gasteiger charge is 2.28. The fourth-order valence-corrected chi connectivity index (χ4v) is 2.86. The number of rotatable bonds is 4. The van der Waals surface area contributed by atoms with Crippen molar-refractivity contribution in [2.45, 2.75) is 24.8 Å². The van der Waals surface area contributed by atoms with Crippen LogP contribution in [0.5, 0.6) is 0 Å². The Balaban J connectivity index is 1.73. The van der Waals surface area contributed by atoms with Gasteiger partial charge in [-0.15, -0.1) is 0 Å². The van der Waals surface area contributed by atoms with Crippen molar-refractivity contribution < 1.29 is 0 Å². The van der Waals surface area contributed by atoms with E-state index in [0.717, 1.165) is 12.1 Å². The lowest BCUT2D eigenvalue weighted by atomic mass is 9.74. The number of imidazole rings is 1. The number of nitrogens with one attached hydrogen (secondary N) is 1. The predicted molar refractivity (Wildman–Crippen MR) is 72.5 cm³/mol. The molecule has 0 spiro atoms. The third-order valence-corrected chi connectivity index (χ3v) is 3.91. The van der Waals surface area contributed by atoms with Crippen LogP contribution in [-0.4, -0.2) is 16.6 Å². The Bertz CT molecular complexity index is 544. The highest BCUT2D eigenvalue weighted by atomic mass is 15.0. The van der Waals surface area contributed by atoms with E-state index in [9.17, 15) is 0 Å². The van der Waals surface area contributed by atoms with Crippen LogP contribution in [0.3, 0.4) is 0 Å². The highest BCUT2D eigenvalue weighted by molar-refractivity contribution is 5.40. The minimum atomic E-state index is 0.351. The lowest BCUT2D eigenvalue weighted by Gasteiger charge is -2.32. The van der Waals surface area contributed by atoms with Gasteiger partial charge in [-0.3, -0.25) is 0 Å². The second-order valence-electron chi connectivity index (χ2n) is 5.14. The van der Waals surface area contributed by atoms with Gasteiger partial charge >= 0.3 is 0 Å². The molecule has 3 rings (SSSR count). The highest BCUT2D eigenvalue weighted by Crippen LogP contribution is 2.40. The van der Waals surface area contributed by atoms with Gasteiger partial charge in [0.1, 0.15) is 0 Å². The molecule has 1 heterocycles. The fraction of sp³-hybridized carbons (Fsp3) is 0.400. The van der Waals surface area contributed by atoms with Gasteiger partial charge in [-0.05, 0) is 36.9 Å². The Kier molecular flexibility index (Phi) is 2.92. The molecule has 1 aromatic carbocycles. The summed E-state index contributed by atoms with van der Waals surface area (Å²) in [5, 5.41) is 3.39. The summed E-state index contributed by atoms with van der Waals surface area (Å²) in [7, 11) is 4.03. The molecule has 2 atom stereocenters. The second kappa shape index (κ2) is 4.58. The molecule has 0 saturated carbocycles. The molecule has 18 heavy (non-hydrogen) atoms. The van der Waals surface area contributed by atoms with E-state index in [1.54, 1.807) is 0 Å². The fourth-order valence-electron chi connectivity index (χ4n) is 2.86. The molecule has 0 bridgehead atoms. The van der Waals surface area contributed by atoms with Crippen molar-refractivity contribution in [3.63, 3.8) is 0 Å². The monoisotopic (exact) mass is 241 g/mol. The number of hydrogen-bond donors (Lipinski definition) is 1. The third-order valence-electron chi connectivity index (χ3n) is 3.91. The molecular weight excluding hydrogens is 222 g/mol. The summed E-state index contributed by atoms with van der Waals surface area (Å²) >= 11 is 0. The minimum Gasteiger partial charge on any atom is -0.340 e. The molecular formula is C15H19N3.